The monoisotopic (exact) mass is 301 g/mol. The summed E-state index contributed by atoms with van der Waals surface area (Å²) in [7, 11) is 0. The molecule has 4 rings (SSSR count). The largest absolute Gasteiger partial charge is 0.315 e. The van der Waals surface area contributed by atoms with Crippen LogP contribution in [0.5, 0.6) is 0 Å². The number of aryl methyl sites for hydroxylation is 2. The molecule has 0 bridgehead atoms. The van der Waals surface area contributed by atoms with Crippen molar-refractivity contribution < 1.29 is 4.79 Å². The van der Waals surface area contributed by atoms with Gasteiger partial charge >= 0.3 is 0 Å². The van der Waals surface area contributed by atoms with Crippen molar-refractivity contribution in [3.05, 3.63) is 17.8 Å². The van der Waals surface area contributed by atoms with Gasteiger partial charge in [0, 0.05) is 19.5 Å². The van der Waals surface area contributed by atoms with E-state index in [1.807, 2.05) is 0 Å². The lowest BCUT2D eigenvalue weighted by Gasteiger charge is -2.18. The fourth-order valence-electron chi connectivity index (χ4n) is 3.34. The number of fused-ring (bicyclic) bond motifs is 2. The predicted octanol–water partition coefficient (Wildman–Crippen LogP) is 1.11. The molecule has 0 saturated carbocycles. The molecular formula is C14H19N7O. The van der Waals surface area contributed by atoms with E-state index < -0.39 is 0 Å². The fourth-order valence-corrected chi connectivity index (χ4v) is 3.34. The second kappa shape index (κ2) is 5.51. The van der Waals surface area contributed by atoms with Gasteiger partial charge in [-0.25, -0.2) is 9.67 Å². The molecule has 8 heteroatoms. The number of nitrogens with one attached hydrogen (secondary N) is 1. The van der Waals surface area contributed by atoms with Crippen molar-refractivity contribution in [1.29, 1.82) is 0 Å². The Kier molecular flexibility index (Phi) is 3.36. The van der Waals surface area contributed by atoms with Crippen LogP contribution in [-0.4, -0.2) is 35.7 Å². The van der Waals surface area contributed by atoms with Crippen LogP contribution in [0.15, 0.2) is 6.20 Å². The fraction of sp³-hybridized carbons (Fsp3) is 0.643. The molecule has 0 saturated heterocycles. The predicted molar refractivity (Wildman–Crippen MR) is 78.2 cm³/mol. The molecule has 0 spiro atoms. The van der Waals surface area contributed by atoms with Gasteiger partial charge in [0.05, 0.1) is 12.1 Å². The Morgan fingerprint density at radius 2 is 2.14 bits per heavy atom. The standard InChI is InChI=1S/C14H19N7O/c22-14(10-5-1-4-8-21-13(10)17-18-19-21)16-12-9-15-11-6-2-3-7-20(11)12/h9-10H,1-8H2,(H,16,22). The maximum Gasteiger partial charge on any atom is 0.236 e. The van der Waals surface area contributed by atoms with Gasteiger partial charge in [0.1, 0.15) is 11.6 Å². The normalized spacial score (nSPS) is 20.8. The molecule has 1 N–H and O–H groups in total. The Hall–Kier alpha value is -2.25. The van der Waals surface area contributed by atoms with Crippen LogP contribution in [0.2, 0.25) is 0 Å². The van der Waals surface area contributed by atoms with Crippen molar-refractivity contribution >= 4 is 11.7 Å². The quantitative estimate of drug-likeness (QED) is 0.897. The van der Waals surface area contributed by atoms with E-state index in [-0.39, 0.29) is 11.8 Å². The number of rotatable bonds is 2. The summed E-state index contributed by atoms with van der Waals surface area (Å²) >= 11 is 0. The van der Waals surface area contributed by atoms with Crippen molar-refractivity contribution in [3.63, 3.8) is 0 Å². The Morgan fingerprint density at radius 1 is 1.23 bits per heavy atom. The number of hydrogen-bond acceptors (Lipinski definition) is 5. The van der Waals surface area contributed by atoms with E-state index in [0.717, 1.165) is 56.8 Å². The van der Waals surface area contributed by atoms with Gasteiger partial charge in [0.25, 0.3) is 0 Å². The Labute approximate surface area is 127 Å². The number of imidazole rings is 1. The molecule has 0 radical (unpaired) electrons. The molecule has 116 valence electrons. The first-order valence-electron chi connectivity index (χ1n) is 7.94. The van der Waals surface area contributed by atoms with Crippen molar-refractivity contribution in [2.24, 2.45) is 0 Å². The molecule has 1 atom stereocenters. The van der Waals surface area contributed by atoms with E-state index in [1.54, 1.807) is 10.9 Å². The molecular weight excluding hydrogens is 282 g/mol. The maximum absolute atomic E-state index is 12.7. The topological polar surface area (TPSA) is 90.5 Å². The molecule has 0 aromatic carbocycles. The highest BCUT2D eigenvalue weighted by atomic mass is 16.2. The molecule has 2 aliphatic rings. The van der Waals surface area contributed by atoms with Crippen LogP contribution >= 0.6 is 0 Å². The molecule has 22 heavy (non-hydrogen) atoms. The highest BCUT2D eigenvalue weighted by molar-refractivity contribution is 5.94. The Bertz CT molecular complexity index is 689. The van der Waals surface area contributed by atoms with Gasteiger partial charge < -0.3 is 9.88 Å². The SMILES string of the molecule is O=C(Nc1cnc2n1CCCC2)C1CCCCn2nnnc21. The van der Waals surface area contributed by atoms with Crippen molar-refractivity contribution in [2.75, 3.05) is 5.32 Å². The summed E-state index contributed by atoms with van der Waals surface area (Å²) in [6.07, 6.45) is 7.83. The van der Waals surface area contributed by atoms with Gasteiger partial charge in [0.2, 0.25) is 5.91 Å². The first kappa shape index (κ1) is 13.4. The number of anilines is 1. The van der Waals surface area contributed by atoms with Crippen molar-refractivity contribution in [3.8, 4) is 0 Å². The average molecular weight is 301 g/mol. The summed E-state index contributed by atoms with van der Waals surface area (Å²) in [5, 5.41) is 14.8. The molecule has 1 amide bonds. The van der Waals surface area contributed by atoms with Crippen LogP contribution in [0.1, 0.15) is 49.7 Å². The van der Waals surface area contributed by atoms with Gasteiger partial charge in [0.15, 0.2) is 5.82 Å². The van der Waals surface area contributed by atoms with Gasteiger partial charge in [-0.2, -0.15) is 0 Å². The molecule has 2 aliphatic heterocycles. The number of aromatic nitrogens is 6. The number of nitrogens with zero attached hydrogens (tertiary/aromatic N) is 6. The van der Waals surface area contributed by atoms with Gasteiger partial charge in [-0.15, -0.1) is 5.10 Å². The molecule has 0 fully saturated rings. The zero-order chi connectivity index (χ0) is 14.9. The third kappa shape index (κ3) is 2.28. The highest BCUT2D eigenvalue weighted by Gasteiger charge is 2.29. The number of carbonyl (C=O) groups excluding carboxylic acids is 1. The molecule has 2 aromatic rings. The van der Waals surface area contributed by atoms with E-state index in [2.05, 4.69) is 30.4 Å². The first-order valence-corrected chi connectivity index (χ1v) is 7.94. The summed E-state index contributed by atoms with van der Waals surface area (Å²) in [6.45, 7) is 1.71. The van der Waals surface area contributed by atoms with Gasteiger partial charge in [-0.1, -0.05) is 6.42 Å². The summed E-state index contributed by atoms with van der Waals surface area (Å²) in [5.74, 6) is 2.21. The van der Waals surface area contributed by atoms with Crippen LogP contribution in [0, 0.1) is 0 Å². The molecule has 4 heterocycles. The minimum absolute atomic E-state index is 0.0359. The number of amides is 1. The minimum Gasteiger partial charge on any atom is -0.315 e. The summed E-state index contributed by atoms with van der Waals surface area (Å²) in [6, 6.07) is 0. The van der Waals surface area contributed by atoms with Crippen molar-refractivity contribution in [1.82, 2.24) is 29.8 Å². The van der Waals surface area contributed by atoms with E-state index in [4.69, 9.17) is 0 Å². The maximum atomic E-state index is 12.7. The lowest BCUT2D eigenvalue weighted by molar-refractivity contribution is -0.118. The van der Waals surface area contributed by atoms with Crippen LogP contribution in [0.4, 0.5) is 5.82 Å². The van der Waals surface area contributed by atoms with Crippen molar-refractivity contribution in [2.45, 2.75) is 57.5 Å². The van der Waals surface area contributed by atoms with Crippen LogP contribution in [0.3, 0.4) is 0 Å². The second-order valence-corrected chi connectivity index (χ2v) is 5.97. The Balaban J connectivity index is 1.57. The lowest BCUT2D eigenvalue weighted by atomic mass is 10.0. The van der Waals surface area contributed by atoms with Gasteiger partial charge in [-0.3, -0.25) is 4.79 Å². The number of tetrazole rings is 1. The van der Waals surface area contributed by atoms with Gasteiger partial charge in [-0.05, 0) is 36.1 Å². The van der Waals surface area contributed by atoms with E-state index in [9.17, 15) is 4.79 Å². The average Bonchev–Trinajstić information content (AvgIpc) is 3.10. The molecule has 0 aliphatic carbocycles. The third-order valence-corrected chi connectivity index (χ3v) is 4.52. The second-order valence-electron chi connectivity index (χ2n) is 5.97. The molecule has 8 nitrogen and oxygen atoms in total. The Morgan fingerprint density at radius 3 is 3.09 bits per heavy atom. The summed E-state index contributed by atoms with van der Waals surface area (Å²) in [4.78, 5) is 17.1. The molecule has 1 unspecified atom stereocenters. The third-order valence-electron chi connectivity index (χ3n) is 4.52. The smallest absolute Gasteiger partial charge is 0.236 e. The van der Waals surface area contributed by atoms with E-state index >= 15 is 0 Å². The highest BCUT2D eigenvalue weighted by Crippen LogP contribution is 2.26. The number of carbonyl (C=O) groups is 1. The zero-order valence-corrected chi connectivity index (χ0v) is 12.4. The summed E-state index contributed by atoms with van der Waals surface area (Å²) in [5.41, 5.74) is 0. The first-order chi connectivity index (χ1) is 10.8. The minimum atomic E-state index is -0.285. The summed E-state index contributed by atoms with van der Waals surface area (Å²) < 4.78 is 3.87. The zero-order valence-electron chi connectivity index (χ0n) is 12.4. The number of hydrogen-bond donors (Lipinski definition) is 1. The molecule has 2 aromatic heterocycles. The van der Waals surface area contributed by atoms with Crippen LogP contribution < -0.4 is 5.32 Å². The van der Waals surface area contributed by atoms with Crippen LogP contribution in [0.25, 0.3) is 0 Å². The van der Waals surface area contributed by atoms with E-state index in [0.29, 0.717) is 5.82 Å². The van der Waals surface area contributed by atoms with E-state index in [1.165, 1.54) is 6.42 Å². The van der Waals surface area contributed by atoms with Crippen LogP contribution in [-0.2, 0) is 24.3 Å². The lowest BCUT2D eigenvalue weighted by Crippen LogP contribution is -2.25.